The summed E-state index contributed by atoms with van der Waals surface area (Å²) in [5.41, 5.74) is 6.10. The van der Waals surface area contributed by atoms with Crippen molar-refractivity contribution in [1.29, 1.82) is 0 Å². The van der Waals surface area contributed by atoms with Crippen LogP contribution in [0.25, 0.3) is 4.72 Å². The number of amides is 2. The average Bonchev–Trinajstić information content (AvgIpc) is 3.55. The van der Waals surface area contributed by atoms with Gasteiger partial charge in [-0.05, 0) is 85.9 Å². The van der Waals surface area contributed by atoms with Crippen molar-refractivity contribution in [3.63, 3.8) is 0 Å². The summed E-state index contributed by atoms with van der Waals surface area (Å²) < 4.78 is 33.6. The summed E-state index contributed by atoms with van der Waals surface area (Å²) >= 11 is 0. The molecule has 0 atom stereocenters. The summed E-state index contributed by atoms with van der Waals surface area (Å²) in [6.07, 6.45) is 10.5. The molecule has 5 rings (SSSR count). The van der Waals surface area contributed by atoms with E-state index in [2.05, 4.69) is 33.0 Å². The average molecular weight is 509 g/mol. The largest absolute Gasteiger partial charge is 1.00 e. The number of urea groups is 1. The van der Waals surface area contributed by atoms with Gasteiger partial charge in [-0.3, -0.25) is 13.8 Å². The number of rotatable bonds is 6. The molecule has 2 aromatic rings. The fraction of sp³-hybridized carbons (Fsp3) is 0.583. The Labute approximate surface area is 230 Å². The number of benzene rings is 1. The summed E-state index contributed by atoms with van der Waals surface area (Å²) in [6.45, 7) is 4.65. The molecule has 11 heteroatoms. The third-order valence-corrected chi connectivity index (χ3v) is 8.84. The fourth-order valence-corrected chi connectivity index (χ4v) is 7.06. The zero-order valence-electron chi connectivity index (χ0n) is 21.0. The number of carbonyl (C=O) groups is 1. The second-order valence-corrected chi connectivity index (χ2v) is 11.0. The first kappa shape index (κ1) is 26.5. The van der Waals surface area contributed by atoms with Crippen LogP contribution in [0.3, 0.4) is 0 Å². The van der Waals surface area contributed by atoms with Crippen LogP contribution in [0.15, 0.2) is 18.5 Å². The van der Waals surface area contributed by atoms with Gasteiger partial charge in [-0.2, -0.15) is 5.10 Å². The van der Waals surface area contributed by atoms with E-state index >= 15 is 0 Å². The van der Waals surface area contributed by atoms with E-state index in [9.17, 15) is 13.2 Å². The standard InChI is InChI=1S/C24H34N6O3S.Na/c1-3-29-12-10-19(11-13-29)30(20-15-25-28(2)16-20)34(32,33)27-24(31)26-23-21-8-4-6-17(21)14-18-7-5-9-22(18)23;/h14-16,19H,3-13H2,1-2H3,(H2,26,27,31);/q;+1/p-1. The van der Waals surface area contributed by atoms with Gasteiger partial charge in [0.1, 0.15) is 0 Å². The molecule has 1 aromatic heterocycles. The van der Waals surface area contributed by atoms with Crippen molar-refractivity contribution in [2.75, 3.05) is 29.3 Å². The van der Waals surface area contributed by atoms with Crippen molar-refractivity contribution in [2.45, 2.75) is 64.3 Å². The smallest absolute Gasteiger partial charge is 0.423 e. The maximum absolute atomic E-state index is 13.5. The zero-order chi connectivity index (χ0) is 23.9. The van der Waals surface area contributed by atoms with Crippen LogP contribution in [0.1, 0.15) is 54.9 Å². The molecular formula is C24H33N6NaO3S. The van der Waals surface area contributed by atoms with Crippen LogP contribution in [0, 0.1) is 0 Å². The van der Waals surface area contributed by atoms with Gasteiger partial charge in [0.2, 0.25) is 0 Å². The summed E-state index contributed by atoms with van der Waals surface area (Å²) in [4.78, 5) is 15.3. The van der Waals surface area contributed by atoms with Crippen molar-refractivity contribution >= 4 is 27.6 Å². The quantitative estimate of drug-likeness (QED) is 0.574. The predicted octanol–water partition coefficient (Wildman–Crippen LogP) is 0.543. The van der Waals surface area contributed by atoms with Crippen LogP contribution in [-0.2, 0) is 42.9 Å². The van der Waals surface area contributed by atoms with Gasteiger partial charge in [-0.15, -0.1) is 0 Å². The molecular weight excluding hydrogens is 475 g/mol. The second-order valence-electron chi connectivity index (χ2n) is 9.57. The number of piperidine rings is 1. The molecule has 184 valence electrons. The molecule has 0 radical (unpaired) electrons. The fourth-order valence-electron chi connectivity index (χ4n) is 5.77. The van der Waals surface area contributed by atoms with Gasteiger partial charge in [0.25, 0.3) is 10.2 Å². The molecule has 0 unspecified atom stereocenters. The third kappa shape index (κ3) is 5.41. The van der Waals surface area contributed by atoms with Crippen molar-refractivity contribution in [1.82, 2.24) is 14.7 Å². The molecule has 3 aliphatic rings. The number of aryl methyl sites for hydroxylation is 3. The summed E-state index contributed by atoms with van der Waals surface area (Å²) in [5, 5.41) is 7.05. The monoisotopic (exact) mass is 508 g/mol. The molecule has 2 aliphatic carbocycles. The molecule has 9 nitrogen and oxygen atoms in total. The Balaban J connectivity index is 0.00000289. The second kappa shape index (κ2) is 10.8. The Morgan fingerprint density at radius 2 is 1.77 bits per heavy atom. The van der Waals surface area contributed by atoms with E-state index < -0.39 is 16.2 Å². The minimum atomic E-state index is -4.26. The number of nitrogens with zero attached hydrogens (tertiary/aromatic N) is 5. The van der Waals surface area contributed by atoms with Crippen LogP contribution in [0.4, 0.5) is 16.2 Å². The van der Waals surface area contributed by atoms with Crippen LogP contribution in [0.2, 0.25) is 0 Å². The minimum Gasteiger partial charge on any atom is -0.423 e. The SMILES string of the molecule is CCN1CCC(N(c2cnn(C)c2)S(=O)(=O)[N-]C(=O)Nc2c3c(cc4c2CCC4)CCC3)CC1.[Na+]. The molecule has 0 bridgehead atoms. The van der Waals surface area contributed by atoms with Crippen molar-refractivity contribution in [3.8, 4) is 0 Å². The number of nitrogens with one attached hydrogen (secondary N) is 1. The van der Waals surface area contributed by atoms with Crippen molar-refractivity contribution in [2.24, 2.45) is 7.05 Å². The summed E-state index contributed by atoms with van der Waals surface area (Å²) in [7, 11) is -2.51. The van der Waals surface area contributed by atoms with E-state index in [4.69, 9.17) is 0 Å². The van der Waals surface area contributed by atoms with Crippen LogP contribution < -0.4 is 39.2 Å². The van der Waals surface area contributed by atoms with Crippen LogP contribution >= 0.6 is 0 Å². The van der Waals surface area contributed by atoms with Gasteiger partial charge < -0.3 is 14.9 Å². The zero-order valence-corrected chi connectivity index (χ0v) is 23.8. The first-order valence-corrected chi connectivity index (χ1v) is 13.7. The van der Waals surface area contributed by atoms with Crippen molar-refractivity contribution < 1.29 is 42.8 Å². The molecule has 2 amide bonds. The third-order valence-electron chi connectivity index (χ3n) is 7.43. The number of aromatic nitrogens is 2. The Kier molecular flexibility index (Phi) is 8.17. The summed E-state index contributed by atoms with van der Waals surface area (Å²) in [5.74, 6) is 0. The van der Waals surface area contributed by atoms with E-state index in [-0.39, 0.29) is 35.6 Å². The molecule has 35 heavy (non-hydrogen) atoms. The van der Waals surface area contributed by atoms with Gasteiger partial charge in [-0.25, -0.2) is 8.42 Å². The number of anilines is 2. The van der Waals surface area contributed by atoms with E-state index in [0.29, 0.717) is 18.5 Å². The number of fused-ring (bicyclic) bond motifs is 2. The molecule has 2 heterocycles. The Bertz CT molecular complexity index is 1160. The predicted molar refractivity (Wildman–Crippen MR) is 133 cm³/mol. The topological polar surface area (TPSA) is 102 Å². The normalized spacial score (nSPS) is 18.0. The maximum atomic E-state index is 13.5. The molecule has 1 aromatic carbocycles. The molecule has 1 fully saturated rings. The van der Waals surface area contributed by atoms with E-state index in [1.165, 1.54) is 21.6 Å². The molecule has 0 saturated carbocycles. The van der Waals surface area contributed by atoms with E-state index in [1.807, 2.05) is 0 Å². The molecule has 1 N–H and O–H groups in total. The number of hydrogen-bond donors (Lipinski definition) is 1. The minimum absolute atomic E-state index is 0. The van der Waals surface area contributed by atoms with Gasteiger partial charge in [0.05, 0.1) is 11.9 Å². The van der Waals surface area contributed by atoms with Gasteiger partial charge in [0, 0.05) is 32.4 Å². The molecule has 0 spiro atoms. The Morgan fingerprint density at radius 3 is 2.31 bits per heavy atom. The van der Waals surface area contributed by atoms with Crippen LogP contribution in [-0.4, -0.2) is 54.8 Å². The number of carbonyl (C=O) groups excluding carboxylic acids is 1. The number of hydrogen-bond acceptors (Lipinski definition) is 5. The van der Waals surface area contributed by atoms with Gasteiger partial charge in [0.15, 0.2) is 6.03 Å². The molecule has 1 aliphatic heterocycles. The molecule has 1 saturated heterocycles. The van der Waals surface area contributed by atoms with E-state index in [0.717, 1.165) is 75.0 Å². The maximum Gasteiger partial charge on any atom is 1.00 e. The van der Waals surface area contributed by atoms with E-state index in [1.54, 1.807) is 17.9 Å². The Hall–Kier alpha value is -1.59. The summed E-state index contributed by atoms with van der Waals surface area (Å²) in [6, 6.07) is 1.19. The number of likely N-dealkylation sites (tertiary alicyclic amines) is 1. The van der Waals surface area contributed by atoms with Crippen LogP contribution in [0.5, 0.6) is 0 Å². The van der Waals surface area contributed by atoms with Gasteiger partial charge >= 0.3 is 29.6 Å². The van der Waals surface area contributed by atoms with Gasteiger partial charge in [-0.1, -0.05) is 13.0 Å². The first-order chi connectivity index (χ1) is 16.4. The first-order valence-electron chi connectivity index (χ1n) is 12.3. The Morgan fingerprint density at radius 1 is 1.14 bits per heavy atom. The van der Waals surface area contributed by atoms with Crippen molar-refractivity contribution in [3.05, 3.63) is 45.4 Å².